The van der Waals surface area contributed by atoms with Crippen LogP contribution in [0, 0.1) is 0 Å². The minimum atomic E-state index is -3.06. The first-order valence-electron chi connectivity index (χ1n) is 6.25. The predicted molar refractivity (Wildman–Crippen MR) is 72.0 cm³/mol. The average molecular weight is 283 g/mol. The highest BCUT2D eigenvalue weighted by molar-refractivity contribution is 7.89. The lowest BCUT2D eigenvalue weighted by molar-refractivity contribution is 0.154. The first-order chi connectivity index (χ1) is 7.97. The van der Waals surface area contributed by atoms with Gasteiger partial charge in [-0.2, -0.15) is 4.31 Å². The van der Waals surface area contributed by atoms with Gasteiger partial charge in [0.2, 0.25) is 10.0 Å². The number of alkyl halides is 1. The fourth-order valence-electron chi connectivity index (χ4n) is 2.01. The lowest BCUT2D eigenvalue weighted by Gasteiger charge is -2.36. The summed E-state index contributed by atoms with van der Waals surface area (Å²) in [6, 6.07) is 0.496. The third-order valence-electron chi connectivity index (χ3n) is 3.18. The molecule has 0 aromatic heterocycles. The number of halogens is 1. The van der Waals surface area contributed by atoms with Crippen molar-refractivity contribution in [2.45, 2.75) is 32.7 Å². The summed E-state index contributed by atoms with van der Waals surface area (Å²) in [4.78, 5) is 2.31. The second-order valence-electron chi connectivity index (χ2n) is 4.74. The normalized spacial score (nSPS) is 20.0. The Labute approximate surface area is 110 Å². The fourth-order valence-corrected chi connectivity index (χ4v) is 3.74. The largest absolute Gasteiger partial charge is 0.298 e. The molecule has 0 aromatic rings. The van der Waals surface area contributed by atoms with Gasteiger partial charge in [0.15, 0.2) is 0 Å². The molecule has 0 aromatic carbocycles. The molecule has 1 aliphatic rings. The SMILES string of the molecule is CC(C)N1CCN(S(=O)(=O)CCCCCl)CC1. The van der Waals surface area contributed by atoms with E-state index < -0.39 is 10.0 Å². The Morgan fingerprint density at radius 2 is 1.71 bits per heavy atom. The predicted octanol–water partition coefficient (Wildman–Crippen LogP) is 1.36. The highest BCUT2D eigenvalue weighted by Gasteiger charge is 2.26. The second kappa shape index (κ2) is 6.92. The van der Waals surface area contributed by atoms with Crippen molar-refractivity contribution in [2.24, 2.45) is 0 Å². The topological polar surface area (TPSA) is 40.6 Å². The molecule has 1 aliphatic heterocycles. The molecule has 6 heteroatoms. The molecular formula is C11H23ClN2O2S. The maximum Gasteiger partial charge on any atom is 0.214 e. The van der Waals surface area contributed by atoms with E-state index in [0.717, 1.165) is 19.5 Å². The number of hydrogen-bond acceptors (Lipinski definition) is 3. The number of nitrogens with zero attached hydrogens (tertiary/aromatic N) is 2. The Bertz CT molecular complexity index is 311. The number of hydrogen-bond donors (Lipinski definition) is 0. The molecule has 0 amide bonds. The Kier molecular flexibility index (Phi) is 6.20. The van der Waals surface area contributed by atoms with Crippen LogP contribution in [-0.4, -0.2) is 61.5 Å². The Morgan fingerprint density at radius 3 is 2.18 bits per heavy atom. The van der Waals surface area contributed by atoms with Crippen LogP contribution < -0.4 is 0 Å². The zero-order valence-electron chi connectivity index (χ0n) is 10.7. The molecule has 0 N–H and O–H groups in total. The quantitative estimate of drug-likeness (QED) is 0.546. The van der Waals surface area contributed by atoms with Crippen molar-refractivity contribution in [3.05, 3.63) is 0 Å². The van der Waals surface area contributed by atoms with E-state index in [1.165, 1.54) is 0 Å². The molecule has 0 radical (unpaired) electrons. The maximum atomic E-state index is 12.0. The van der Waals surface area contributed by atoms with Gasteiger partial charge in [-0.15, -0.1) is 11.6 Å². The third-order valence-corrected chi connectivity index (χ3v) is 5.41. The van der Waals surface area contributed by atoms with Crippen molar-refractivity contribution in [1.29, 1.82) is 0 Å². The van der Waals surface area contributed by atoms with Crippen LogP contribution in [0.1, 0.15) is 26.7 Å². The van der Waals surface area contributed by atoms with Crippen LogP contribution in [0.4, 0.5) is 0 Å². The van der Waals surface area contributed by atoms with Crippen LogP contribution in [-0.2, 0) is 10.0 Å². The van der Waals surface area contributed by atoms with Crippen LogP contribution >= 0.6 is 11.6 Å². The minimum absolute atomic E-state index is 0.237. The van der Waals surface area contributed by atoms with Crippen LogP contribution in [0.2, 0.25) is 0 Å². The van der Waals surface area contributed by atoms with E-state index in [1.54, 1.807) is 4.31 Å². The molecule has 1 saturated heterocycles. The molecule has 0 spiro atoms. The number of piperazine rings is 1. The lowest BCUT2D eigenvalue weighted by Crippen LogP contribution is -2.51. The van der Waals surface area contributed by atoms with Gasteiger partial charge in [-0.1, -0.05) is 0 Å². The molecule has 4 nitrogen and oxygen atoms in total. The van der Waals surface area contributed by atoms with E-state index in [1.807, 2.05) is 0 Å². The summed E-state index contributed by atoms with van der Waals surface area (Å²) in [6.07, 6.45) is 1.43. The summed E-state index contributed by atoms with van der Waals surface area (Å²) >= 11 is 5.56. The van der Waals surface area contributed by atoms with Gasteiger partial charge in [0.1, 0.15) is 0 Å². The van der Waals surface area contributed by atoms with E-state index in [4.69, 9.17) is 11.6 Å². The van der Waals surface area contributed by atoms with Crippen molar-refractivity contribution >= 4 is 21.6 Å². The summed E-state index contributed by atoms with van der Waals surface area (Å²) in [6.45, 7) is 7.22. The molecule has 0 aliphatic carbocycles. The minimum Gasteiger partial charge on any atom is -0.298 e. The molecule has 0 atom stereocenters. The van der Waals surface area contributed by atoms with Gasteiger partial charge in [0, 0.05) is 38.1 Å². The van der Waals surface area contributed by atoms with Gasteiger partial charge in [-0.05, 0) is 26.7 Å². The molecule has 1 rings (SSSR count). The van der Waals surface area contributed by atoms with Gasteiger partial charge in [0.05, 0.1) is 5.75 Å². The monoisotopic (exact) mass is 282 g/mol. The summed E-state index contributed by atoms with van der Waals surface area (Å²) < 4.78 is 25.6. The molecule has 0 saturated carbocycles. The van der Waals surface area contributed by atoms with E-state index in [9.17, 15) is 8.42 Å². The number of sulfonamides is 1. The molecule has 0 unspecified atom stereocenters. The Morgan fingerprint density at radius 1 is 1.12 bits per heavy atom. The molecule has 1 fully saturated rings. The van der Waals surface area contributed by atoms with Crippen LogP contribution in [0.15, 0.2) is 0 Å². The molecule has 17 heavy (non-hydrogen) atoms. The van der Waals surface area contributed by atoms with Crippen molar-refractivity contribution < 1.29 is 8.42 Å². The first kappa shape index (κ1) is 15.2. The molecule has 102 valence electrons. The van der Waals surface area contributed by atoms with Crippen LogP contribution in [0.5, 0.6) is 0 Å². The van der Waals surface area contributed by atoms with Crippen molar-refractivity contribution in [3.8, 4) is 0 Å². The standard InChI is InChI=1S/C11H23ClN2O2S/c1-11(2)13-6-8-14(9-7-13)17(15,16)10-4-3-5-12/h11H,3-10H2,1-2H3. The third kappa shape index (κ3) is 4.73. The Balaban J connectivity index is 2.41. The van der Waals surface area contributed by atoms with Crippen LogP contribution in [0.25, 0.3) is 0 Å². The van der Waals surface area contributed by atoms with E-state index in [-0.39, 0.29) is 5.75 Å². The van der Waals surface area contributed by atoms with Crippen molar-refractivity contribution in [1.82, 2.24) is 9.21 Å². The Hall–Kier alpha value is 0.160. The first-order valence-corrected chi connectivity index (χ1v) is 8.39. The summed E-state index contributed by atoms with van der Waals surface area (Å²) in [5, 5.41) is 0. The van der Waals surface area contributed by atoms with Gasteiger partial charge in [-0.25, -0.2) is 8.42 Å². The highest BCUT2D eigenvalue weighted by Crippen LogP contribution is 2.11. The average Bonchev–Trinajstić information content (AvgIpc) is 2.29. The summed E-state index contributed by atoms with van der Waals surface area (Å²) in [7, 11) is -3.06. The smallest absolute Gasteiger partial charge is 0.214 e. The van der Waals surface area contributed by atoms with Gasteiger partial charge >= 0.3 is 0 Å². The van der Waals surface area contributed by atoms with Crippen molar-refractivity contribution in [3.63, 3.8) is 0 Å². The van der Waals surface area contributed by atoms with Crippen LogP contribution in [0.3, 0.4) is 0 Å². The van der Waals surface area contributed by atoms with Gasteiger partial charge in [0.25, 0.3) is 0 Å². The number of rotatable bonds is 6. The highest BCUT2D eigenvalue weighted by atomic mass is 35.5. The van der Waals surface area contributed by atoms with Crippen molar-refractivity contribution in [2.75, 3.05) is 37.8 Å². The van der Waals surface area contributed by atoms with E-state index >= 15 is 0 Å². The lowest BCUT2D eigenvalue weighted by atomic mass is 10.3. The van der Waals surface area contributed by atoms with Gasteiger partial charge in [-0.3, -0.25) is 4.90 Å². The molecule has 1 heterocycles. The summed E-state index contributed by atoms with van der Waals surface area (Å²) in [5.74, 6) is 0.776. The fraction of sp³-hybridized carbons (Fsp3) is 1.00. The second-order valence-corrected chi connectivity index (χ2v) is 7.21. The maximum absolute atomic E-state index is 12.0. The number of unbranched alkanes of at least 4 members (excludes halogenated alkanes) is 1. The van der Waals surface area contributed by atoms with Gasteiger partial charge < -0.3 is 0 Å². The molecular weight excluding hydrogens is 260 g/mol. The molecule has 0 bridgehead atoms. The summed E-state index contributed by atoms with van der Waals surface area (Å²) in [5.41, 5.74) is 0. The zero-order valence-corrected chi connectivity index (χ0v) is 12.3. The van der Waals surface area contributed by atoms with E-state index in [2.05, 4.69) is 18.7 Å². The van der Waals surface area contributed by atoms with E-state index in [0.29, 0.717) is 31.4 Å². The zero-order chi connectivity index (χ0) is 12.9.